The SMILES string of the molecule is Cl/C=C(/Cl)CN1CCSSCC1. The number of hydrogen-bond acceptors (Lipinski definition) is 3. The average Bonchev–Trinajstić information content (AvgIpc) is 2.33. The zero-order valence-electron chi connectivity index (χ0n) is 6.63. The lowest BCUT2D eigenvalue weighted by Gasteiger charge is -2.17. The van der Waals surface area contributed by atoms with E-state index in [0.29, 0.717) is 0 Å². The second-order valence-corrected chi connectivity index (χ2v) is 5.88. The number of halogens is 2. The Kier molecular flexibility index (Phi) is 5.93. The Morgan fingerprint density at radius 3 is 2.42 bits per heavy atom. The van der Waals surface area contributed by atoms with E-state index in [9.17, 15) is 0 Å². The molecule has 1 aliphatic rings. The molecule has 0 aromatic rings. The van der Waals surface area contributed by atoms with Crippen LogP contribution in [0.15, 0.2) is 10.6 Å². The van der Waals surface area contributed by atoms with Gasteiger partial charge in [-0.2, -0.15) is 0 Å². The molecule has 0 radical (unpaired) electrons. The minimum Gasteiger partial charge on any atom is -0.296 e. The highest BCUT2D eigenvalue weighted by molar-refractivity contribution is 8.76. The Hall–Kier alpha value is 0.980. The molecule has 70 valence electrons. The molecule has 0 aliphatic carbocycles. The van der Waals surface area contributed by atoms with Gasteiger partial charge >= 0.3 is 0 Å². The molecule has 0 amide bonds. The molecule has 1 rings (SSSR count). The largest absolute Gasteiger partial charge is 0.296 e. The Morgan fingerprint density at radius 2 is 1.92 bits per heavy atom. The first-order chi connectivity index (χ1) is 5.83. The van der Waals surface area contributed by atoms with Crippen LogP contribution >= 0.6 is 44.8 Å². The van der Waals surface area contributed by atoms with Crippen LogP contribution in [0.3, 0.4) is 0 Å². The Balaban J connectivity index is 2.29. The lowest BCUT2D eigenvalue weighted by atomic mass is 10.4. The predicted molar refractivity (Wildman–Crippen MR) is 61.1 cm³/mol. The highest BCUT2D eigenvalue weighted by Crippen LogP contribution is 2.24. The zero-order valence-corrected chi connectivity index (χ0v) is 9.78. The summed E-state index contributed by atoms with van der Waals surface area (Å²) in [4.78, 5) is 2.33. The Morgan fingerprint density at radius 1 is 1.33 bits per heavy atom. The first-order valence-corrected chi connectivity index (χ1v) is 7.04. The molecular weight excluding hydrogens is 233 g/mol. The minimum absolute atomic E-state index is 0.730. The van der Waals surface area contributed by atoms with Gasteiger partial charge in [0.1, 0.15) is 0 Å². The predicted octanol–water partition coefficient (Wildman–Crippen LogP) is 3.00. The van der Waals surface area contributed by atoms with Crippen molar-refractivity contribution in [2.45, 2.75) is 0 Å². The van der Waals surface area contributed by atoms with Crippen molar-refractivity contribution in [1.29, 1.82) is 0 Å². The van der Waals surface area contributed by atoms with Gasteiger partial charge in [-0.15, -0.1) is 0 Å². The molecule has 1 heterocycles. The van der Waals surface area contributed by atoms with Crippen LogP contribution in [0, 0.1) is 0 Å². The first kappa shape index (κ1) is 11.1. The second kappa shape index (κ2) is 6.44. The molecule has 12 heavy (non-hydrogen) atoms. The standard InChI is InChI=1S/C7H11Cl2NS2/c8-5-7(9)6-10-1-3-11-12-4-2-10/h5H,1-4,6H2/b7-5+. The Labute approximate surface area is 91.2 Å². The normalized spacial score (nSPS) is 22.3. The lowest BCUT2D eigenvalue weighted by molar-refractivity contribution is 0.342. The molecular formula is C7H11Cl2NS2. The van der Waals surface area contributed by atoms with Gasteiger partial charge < -0.3 is 0 Å². The van der Waals surface area contributed by atoms with Crippen LogP contribution in [-0.4, -0.2) is 36.0 Å². The third-order valence-corrected chi connectivity index (χ3v) is 4.53. The van der Waals surface area contributed by atoms with Crippen molar-refractivity contribution in [1.82, 2.24) is 4.90 Å². The van der Waals surface area contributed by atoms with Gasteiger partial charge in [0.15, 0.2) is 0 Å². The monoisotopic (exact) mass is 243 g/mol. The molecule has 1 saturated heterocycles. The van der Waals surface area contributed by atoms with Gasteiger partial charge in [-0.05, 0) is 0 Å². The molecule has 0 unspecified atom stereocenters. The number of rotatable bonds is 2. The highest BCUT2D eigenvalue weighted by atomic mass is 35.5. The van der Waals surface area contributed by atoms with Crippen LogP contribution in [0.2, 0.25) is 0 Å². The van der Waals surface area contributed by atoms with E-state index < -0.39 is 0 Å². The van der Waals surface area contributed by atoms with Crippen LogP contribution in [-0.2, 0) is 0 Å². The van der Waals surface area contributed by atoms with Crippen LogP contribution in [0.4, 0.5) is 0 Å². The smallest absolute Gasteiger partial charge is 0.0434 e. The summed E-state index contributed by atoms with van der Waals surface area (Å²) in [6, 6.07) is 0. The van der Waals surface area contributed by atoms with Crippen molar-refractivity contribution in [3.63, 3.8) is 0 Å². The average molecular weight is 244 g/mol. The maximum atomic E-state index is 5.83. The van der Waals surface area contributed by atoms with E-state index in [1.54, 1.807) is 0 Å². The molecule has 0 spiro atoms. The summed E-state index contributed by atoms with van der Waals surface area (Å²) in [6.07, 6.45) is 0. The molecule has 1 fully saturated rings. The fourth-order valence-electron chi connectivity index (χ4n) is 0.969. The van der Waals surface area contributed by atoms with Gasteiger partial charge in [0, 0.05) is 41.7 Å². The summed E-state index contributed by atoms with van der Waals surface area (Å²) in [7, 11) is 3.87. The van der Waals surface area contributed by atoms with Gasteiger partial charge in [0.2, 0.25) is 0 Å². The summed E-state index contributed by atoms with van der Waals surface area (Å²) in [5.41, 5.74) is 1.45. The van der Waals surface area contributed by atoms with Gasteiger partial charge in [-0.25, -0.2) is 0 Å². The second-order valence-electron chi connectivity index (χ2n) is 2.48. The molecule has 0 bridgehead atoms. The van der Waals surface area contributed by atoms with Crippen LogP contribution in [0.25, 0.3) is 0 Å². The molecule has 5 heteroatoms. The van der Waals surface area contributed by atoms with Gasteiger partial charge in [-0.3, -0.25) is 4.90 Å². The Bertz CT molecular complexity index is 155. The third kappa shape index (κ3) is 4.28. The van der Waals surface area contributed by atoms with E-state index in [1.165, 1.54) is 17.0 Å². The van der Waals surface area contributed by atoms with Gasteiger partial charge in [0.25, 0.3) is 0 Å². The van der Waals surface area contributed by atoms with Crippen molar-refractivity contribution in [3.05, 3.63) is 10.6 Å². The van der Waals surface area contributed by atoms with Crippen LogP contribution in [0.5, 0.6) is 0 Å². The van der Waals surface area contributed by atoms with Gasteiger partial charge in [-0.1, -0.05) is 44.8 Å². The maximum absolute atomic E-state index is 5.83. The quantitative estimate of drug-likeness (QED) is 0.687. The van der Waals surface area contributed by atoms with E-state index in [4.69, 9.17) is 23.2 Å². The van der Waals surface area contributed by atoms with E-state index in [2.05, 4.69) is 4.90 Å². The van der Waals surface area contributed by atoms with Crippen LogP contribution in [0.1, 0.15) is 0 Å². The van der Waals surface area contributed by atoms with E-state index in [-0.39, 0.29) is 0 Å². The third-order valence-electron chi connectivity index (χ3n) is 1.56. The van der Waals surface area contributed by atoms with Crippen molar-refractivity contribution >= 4 is 44.8 Å². The molecule has 1 nitrogen and oxygen atoms in total. The van der Waals surface area contributed by atoms with Crippen molar-refractivity contribution in [2.75, 3.05) is 31.1 Å². The highest BCUT2D eigenvalue weighted by Gasteiger charge is 2.09. The topological polar surface area (TPSA) is 3.24 Å². The molecule has 0 atom stereocenters. The van der Waals surface area contributed by atoms with E-state index >= 15 is 0 Å². The molecule has 1 aliphatic heterocycles. The molecule has 0 aromatic heterocycles. The molecule has 0 aromatic carbocycles. The summed E-state index contributed by atoms with van der Waals surface area (Å²) < 4.78 is 0. The van der Waals surface area contributed by atoms with Gasteiger partial charge in [0.05, 0.1) is 0 Å². The van der Waals surface area contributed by atoms with Crippen LogP contribution < -0.4 is 0 Å². The van der Waals surface area contributed by atoms with Crippen molar-refractivity contribution < 1.29 is 0 Å². The minimum atomic E-state index is 0.730. The number of hydrogen-bond donors (Lipinski definition) is 0. The summed E-state index contributed by atoms with van der Waals surface area (Å²) >= 11 is 11.3. The number of nitrogens with zero attached hydrogens (tertiary/aromatic N) is 1. The summed E-state index contributed by atoms with van der Waals surface area (Å²) in [5.74, 6) is 2.36. The van der Waals surface area contributed by atoms with E-state index in [1.807, 2.05) is 21.6 Å². The molecule has 0 saturated carbocycles. The fraction of sp³-hybridized carbons (Fsp3) is 0.714. The van der Waals surface area contributed by atoms with E-state index in [0.717, 1.165) is 24.7 Å². The lowest BCUT2D eigenvalue weighted by Crippen LogP contribution is -2.28. The fourth-order valence-corrected chi connectivity index (χ4v) is 3.26. The summed E-state index contributed by atoms with van der Waals surface area (Å²) in [6.45, 7) is 3.02. The maximum Gasteiger partial charge on any atom is 0.0434 e. The summed E-state index contributed by atoms with van der Waals surface area (Å²) in [5, 5.41) is 0.730. The zero-order chi connectivity index (χ0) is 8.81. The van der Waals surface area contributed by atoms with Crippen molar-refractivity contribution in [2.24, 2.45) is 0 Å². The molecule has 0 N–H and O–H groups in total. The van der Waals surface area contributed by atoms with Crippen molar-refractivity contribution in [3.8, 4) is 0 Å². The first-order valence-electron chi connectivity index (χ1n) is 3.74.